The van der Waals surface area contributed by atoms with Gasteiger partial charge in [0.05, 0.1) is 26.4 Å². The highest BCUT2D eigenvalue weighted by atomic mass is 31.2. The Morgan fingerprint density at radius 1 is 0.275 bits per heavy atom. The van der Waals surface area contributed by atoms with Gasteiger partial charge in [-0.25, -0.2) is 9.13 Å². The van der Waals surface area contributed by atoms with Gasteiger partial charge < -0.3 is 33.8 Å². The predicted molar refractivity (Wildman–Crippen MR) is 367 cm³/mol. The van der Waals surface area contributed by atoms with Crippen LogP contribution in [0.2, 0.25) is 0 Å². The van der Waals surface area contributed by atoms with Gasteiger partial charge in [0.15, 0.2) is 12.2 Å². The van der Waals surface area contributed by atoms with Crippen molar-refractivity contribution in [3.63, 3.8) is 0 Å². The van der Waals surface area contributed by atoms with E-state index in [1.165, 1.54) is 154 Å². The van der Waals surface area contributed by atoms with Crippen molar-refractivity contribution in [2.45, 2.75) is 375 Å². The van der Waals surface area contributed by atoms with E-state index in [0.29, 0.717) is 31.6 Å². The van der Waals surface area contributed by atoms with Crippen LogP contribution >= 0.6 is 15.6 Å². The number of hydrogen-bond acceptors (Lipinski definition) is 15. The molecule has 0 aromatic heterocycles. The molecule has 2 unspecified atom stereocenters. The number of aliphatic hydroxyl groups is 1. The van der Waals surface area contributed by atoms with Crippen molar-refractivity contribution in [2.24, 2.45) is 23.7 Å². The van der Waals surface area contributed by atoms with Crippen LogP contribution in [0.5, 0.6) is 0 Å². The van der Waals surface area contributed by atoms with Gasteiger partial charge in [0, 0.05) is 25.7 Å². The van der Waals surface area contributed by atoms with E-state index in [9.17, 15) is 43.2 Å². The topological polar surface area (TPSA) is 237 Å². The third-order valence-corrected chi connectivity index (χ3v) is 18.5. The molecule has 0 bridgehead atoms. The van der Waals surface area contributed by atoms with Crippen LogP contribution in [0.1, 0.15) is 357 Å². The summed E-state index contributed by atoms with van der Waals surface area (Å²) in [7, 11) is -9.91. The third-order valence-electron chi connectivity index (χ3n) is 16.6. The molecule has 0 aromatic rings. The summed E-state index contributed by atoms with van der Waals surface area (Å²) >= 11 is 0. The molecule has 0 aromatic carbocycles. The number of phosphoric ester groups is 2. The molecule has 0 saturated heterocycles. The zero-order chi connectivity index (χ0) is 67.5. The van der Waals surface area contributed by atoms with Crippen LogP contribution in [-0.4, -0.2) is 96.7 Å². The number of hydrogen-bond donors (Lipinski definition) is 3. The quantitative estimate of drug-likeness (QED) is 0.0222. The number of carbonyl (C=O) groups excluding carboxylic acids is 4. The normalized spacial score (nSPS) is 14.2. The highest BCUT2D eigenvalue weighted by Gasteiger charge is 2.30. The van der Waals surface area contributed by atoms with Crippen LogP contribution in [-0.2, 0) is 65.4 Å². The first kappa shape index (κ1) is 89.1. The Labute approximate surface area is 556 Å². The van der Waals surface area contributed by atoms with E-state index in [1.54, 1.807) is 0 Å². The van der Waals surface area contributed by atoms with E-state index in [1.807, 2.05) is 0 Å². The Morgan fingerprint density at radius 3 is 0.681 bits per heavy atom. The fourth-order valence-corrected chi connectivity index (χ4v) is 12.4. The molecule has 0 fully saturated rings. The summed E-state index contributed by atoms with van der Waals surface area (Å²) in [5, 5.41) is 10.6. The largest absolute Gasteiger partial charge is 0.472 e. The summed E-state index contributed by atoms with van der Waals surface area (Å²) in [5.74, 6) is 0.851. The first-order chi connectivity index (χ1) is 43.6. The monoisotopic (exact) mass is 1340 g/mol. The number of rotatable bonds is 69. The van der Waals surface area contributed by atoms with Gasteiger partial charge in [-0.05, 0) is 49.4 Å². The Hall–Kier alpha value is -1.94. The molecule has 0 aliphatic carbocycles. The molecule has 3 N–H and O–H groups in total. The summed E-state index contributed by atoms with van der Waals surface area (Å²) < 4.78 is 68.3. The van der Waals surface area contributed by atoms with Crippen LogP contribution < -0.4 is 0 Å². The third kappa shape index (κ3) is 66.5. The highest BCUT2D eigenvalue weighted by molar-refractivity contribution is 7.47. The standard InChI is InChI=1S/C72H140O17P2/c1-62(2)48-40-32-24-18-12-9-10-14-21-27-36-44-52-69(74)82-58-67(88-72(77)55-47-39-29-23-17-16-20-26-34-42-50-64(5)6)60-86-90(78,79)84-56-66(73)57-85-91(80,81)87-61-68(59-83-70(75)53-45-37-31-30-35-43-51-65(7)8)89-71(76)54-46-38-28-22-15-11-13-19-25-33-41-49-63(3)4/h62-68,73H,9-61H2,1-8H3,(H,78,79)(H,80,81)/t66-,67-,68-/m1/s1. The number of phosphoric acid groups is 2. The van der Waals surface area contributed by atoms with Gasteiger partial charge in [-0.3, -0.25) is 37.3 Å². The number of aliphatic hydroxyl groups excluding tert-OH is 1. The molecule has 5 atom stereocenters. The highest BCUT2D eigenvalue weighted by Crippen LogP contribution is 2.45. The van der Waals surface area contributed by atoms with Gasteiger partial charge in [0.2, 0.25) is 0 Å². The lowest BCUT2D eigenvalue weighted by molar-refractivity contribution is -0.161. The Balaban J connectivity index is 5.24. The van der Waals surface area contributed by atoms with Gasteiger partial charge in [-0.15, -0.1) is 0 Å². The van der Waals surface area contributed by atoms with Gasteiger partial charge in [-0.1, -0.05) is 306 Å². The van der Waals surface area contributed by atoms with E-state index in [2.05, 4.69) is 55.4 Å². The predicted octanol–water partition coefficient (Wildman–Crippen LogP) is 20.5. The van der Waals surface area contributed by atoms with E-state index < -0.39 is 97.5 Å². The zero-order valence-corrected chi connectivity index (χ0v) is 61.3. The minimum absolute atomic E-state index is 0.105. The van der Waals surface area contributed by atoms with Crippen LogP contribution in [0.4, 0.5) is 0 Å². The lowest BCUT2D eigenvalue weighted by Crippen LogP contribution is -2.30. The fraction of sp³-hybridized carbons (Fsp3) is 0.944. The van der Waals surface area contributed by atoms with Crippen LogP contribution in [0.25, 0.3) is 0 Å². The molecule has 540 valence electrons. The average Bonchev–Trinajstić information content (AvgIpc) is 3.56. The minimum Gasteiger partial charge on any atom is -0.462 e. The Morgan fingerprint density at radius 2 is 0.462 bits per heavy atom. The maximum atomic E-state index is 13.0. The van der Waals surface area contributed by atoms with Crippen LogP contribution in [0, 0.1) is 23.7 Å². The summed E-state index contributed by atoms with van der Waals surface area (Å²) in [6.45, 7) is 14.1. The molecular formula is C72H140O17P2. The summed E-state index contributed by atoms with van der Waals surface area (Å²) in [6.07, 6.45) is 44.5. The lowest BCUT2D eigenvalue weighted by Gasteiger charge is -2.21. The van der Waals surface area contributed by atoms with Crippen LogP contribution in [0.15, 0.2) is 0 Å². The number of unbranched alkanes of at least 4 members (excludes halogenated alkanes) is 35. The van der Waals surface area contributed by atoms with Gasteiger partial charge >= 0.3 is 39.5 Å². The van der Waals surface area contributed by atoms with E-state index in [-0.39, 0.29) is 25.7 Å². The Kier molecular flexibility index (Phi) is 60.3. The molecule has 0 spiro atoms. The fourth-order valence-electron chi connectivity index (χ4n) is 10.8. The smallest absolute Gasteiger partial charge is 0.462 e. The van der Waals surface area contributed by atoms with E-state index in [4.69, 9.17) is 37.0 Å². The molecule has 17 nitrogen and oxygen atoms in total. The maximum absolute atomic E-state index is 13.0. The summed E-state index contributed by atoms with van der Waals surface area (Å²) in [6, 6.07) is 0. The van der Waals surface area contributed by atoms with Gasteiger partial charge in [-0.2, -0.15) is 0 Å². The molecule has 0 amide bonds. The molecule has 19 heteroatoms. The summed E-state index contributed by atoms with van der Waals surface area (Å²) in [5.41, 5.74) is 0. The van der Waals surface area contributed by atoms with Crippen molar-refractivity contribution >= 4 is 39.5 Å². The zero-order valence-electron chi connectivity index (χ0n) is 59.5. The van der Waals surface area contributed by atoms with Crippen molar-refractivity contribution in [3.8, 4) is 0 Å². The molecule has 0 radical (unpaired) electrons. The molecule has 0 aliphatic rings. The molecule has 0 saturated carbocycles. The molecular weight excluding hydrogens is 1200 g/mol. The molecule has 91 heavy (non-hydrogen) atoms. The minimum atomic E-state index is -4.95. The van der Waals surface area contributed by atoms with Gasteiger partial charge in [0.1, 0.15) is 19.3 Å². The number of ether oxygens (including phenoxy) is 4. The van der Waals surface area contributed by atoms with Crippen molar-refractivity contribution in [1.82, 2.24) is 0 Å². The second-order valence-corrected chi connectivity index (χ2v) is 30.8. The molecule has 0 aliphatic heterocycles. The SMILES string of the molecule is CC(C)CCCCCCCCCCCCCCC(=O)OC[C@H](COP(=O)(O)OC[C@@H](O)COP(=O)(O)OC[C@@H](COC(=O)CCCCCCCCC(C)C)OC(=O)CCCCCCCCCCCCCC(C)C)OC(=O)CCCCCCCCCCCCC(C)C. The number of carbonyl (C=O) groups is 4. The maximum Gasteiger partial charge on any atom is 0.472 e. The number of esters is 4. The Bertz CT molecular complexity index is 1800. The van der Waals surface area contributed by atoms with Crippen molar-refractivity contribution < 1.29 is 80.2 Å². The van der Waals surface area contributed by atoms with Gasteiger partial charge in [0.25, 0.3) is 0 Å². The molecule has 0 rings (SSSR count). The van der Waals surface area contributed by atoms with Crippen molar-refractivity contribution in [3.05, 3.63) is 0 Å². The van der Waals surface area contributed by atoms with E-state index >= 15 is 0 Å². The first-order valence-electron chi connectivity index (χ1n) is 37.2. The van der Waals surface area contributed by atoms with Crippen molar-refractivity contribution in [1.29, 1.82) is 0 Å². The van der Waals surface area contributed by atoms with E-state index in [0.717, 1.165) is 114 Å². The lowest BCUT2D eigenvalue weighted by atomic mass is 10.0. The molecule has 0 heterocycles. The van der Waals surface area contributed by atoms with Crippen molar-refractivity contribution in [2.75, 3.05) is 39.6 Å². The second kappa shape index (κ2) is 61.6. The average molecular weight is 1340 g/mol. The summed E-state index contributed by atoms with van der Waals surface area (Å²) in [4.78, 5) is 72.6. The van der Waals surface area contributed by atoms with Crippen LogP contribution in [0.3, 0.4) is 0 Å². The second-order valence-electron chi connectivity index (χ2n) is 27.9. The first-order valence-corrected chi connectivity index (χ1v) is 40.2.